The maximum absolute atomic E-state index is 5.59. The van der Waals surface area contributed by atoms with Gasteiger partial charge in [0.05, 0.1) is 11.1 Å². The number of likely N-dealkylation sites (N-methyl/N-ethyl adjacent to an activating group) is 1. The first-order valence-corrected chi connectivity index (χ1v) is 7.22. The second kappa shape index (κ2) is 5.26. The average Bonchev–Trinajstić information content (AvgIpc) is 2.45. The Morgan fingerprint density at radius 3 is 2.90 bits per heavy atom. The van der Waals surface area contributed by atoms with E-state index in [0.29, 0.717) is 5.92 Å². The van der Waals surface area contributed by atoms with Gasteiger partial charge >= 0.3 is 0 Å². The van der Waals surface area contributed by atoms with Crippen molar-refractivity contribution in [3.8, 4) is 12.3 Å². The summed E-state index contributed by atoms with van der Waals surface area (Å²) >= 11 is 0. The quantitative estimate of drug-likeness (QED) is 0.735. The van der Waals surface area contributed by atoms with E-state index < -0.39 is 0 Å². The number of nitrogens with zero attached hydrogens (tertiary/aromatic N) is 2. The third-order valence-corrected chi connectivity index (χ3v) is 4.24. The molecule has 0 radical (unpaired) electrons. The standard InChI is InChI=1S/C18H20N2/c1-4-14-7-8-16(17-6-5-9-19-18(14)17)15-10-13(2)11-20(3)12-15/h1,5-9,13,15H,10-12H2,2-3H3. The van der Waals surface area contributed by atoms with Crippen LogP contribution in [0.15, 0.2) is 30.5 Å². The van der Waals surface area contributed by atoms with Crippen molar-refractivity contribution < 1.29 is 0 Å². The van der Waals surface area contributed by atoms with E-state index in [1.165, 1.54) is 23.9 Å². The summed E-state index contributed by atoms with van der Waals surface area (Å²) in [7, 11) is 2.21. The Labute approximate surface area is 120 Å². The van der Waals surface area contributed by atoms with Crippen LogP contribution in [0.2, 0.25) is 0 Å². The van der Waals surface area contributed by atoms with Gasteiger partial charge in [0.2, 0.25) is 0 Å². The Morgan fingerprint density at radius 1 is 1.30 bits per heavy atom. The molecule has 0 amide bonds. The summed E-state index contributed by atoms with van der Waals surface area (Å²) in [5.41, 5.74) is 3.25. The molecule has 2 atom stereocenters. The van der Waals surface area contributed by atoms with E-state index >= 15 is 0 Å². The molecule has 0 bridgehead atoms. The Balaban J connectivity index is 2.11. The molecule has 3 rings (SSSR count). The predicted octanol–water partition coefficient (Wildman–Crippen LogP) is 3.27. The van der Waals surface area contributed by atoms with Crippen molar-refractivity contribution in [1.82, 2.24) is 9.88 Å². The first-order chi connectivity index (χ1) is 9.69. The lowest BCUT2D eigenvalue weighted by molar-refractivity contribution is 0.198. The van der Waals surface area contributed by atoms with Gasteiger partial charge in [-0.15, -0.1) is 6.42 Å². The van der Waals surface area contributed by atoms with Crippen molar-refractivity contribution in [3.05, 3.63) is 41.6 Å². The number of fused-ring (bicyclic) bond motifs is 1. The lowest BCUT2D eigenvalue weighted by Gasteiger charge is -2.34. The van der Waals surface area contributed by atoms with Crippen LogP contribution in [-0.2, 0) is 0 Å². The summed E-state index contributed by atoms with van der Waals surface area (Å²) in [6, 6.07) is 8.40. The topological polar surface area (TPSA) is 16.1 Å². The highest BCUT2D eigenvalue weighted by Gasteiger charge is 2.25. The highest BCUT2D eigenvalue weighted by molar-refractivity contribution is 5.87. The minimum absolute atomic E-state index is 0.572. The number of benzene rings is 1. The molecule has 1 aromatic carbocycles. The van der Waals surface area contributed by atoms with Crippen LogP contribution in [0.5, 0.6) is 0 Å². The number of rotatable bonds is 1. The molecule has 1 aliphatic rings. The van der Waals surface area contributed by atoms with Crippen LogP contribution in [0.25, 0.3) is 10.9 Å². The maximum atomic E-state index is 5.59. The normalized spacial score (nSPS) is 23.6. The number of pyridine rings is 1. The zero-order valence-corrected chi connectivity index (χ0v) is 12.1. The number of likely N-dealkylation sites (tertiary alicyclic amines) is 1. The van der Waals surface area contributed by atoms with Gasteiger partial charge in [-0.2, -0.15) is 0 Å². The molecule has 1 aromatic heterocycles. The van der Waals surface area contributed by atoms with Gasteiger partial charge in [-0.05, 0) is 43.0 Å². The fraction of sp³-hybridized carbons (Fsp3) is 0.389. The van der Waals surface area contributed by atoms with E-state index in [0.717, 1.165) is 23.5 Å². The van der Waals surface area contributed by atoms with Crippen molar-refractivity contribution >= 4 is 10.9 Å². The average molecular weight is 264 g/mol. The molecule has 0 saturated carbocycles. The van der Waals surface area contributed by atoms with Crippen LogP contribution in [0.3, 0.4) is 0 Å². The third-order valence-electron chi connectivity index (χ3n) is 4.24. The summed E-state index contributed by atoms with van der Waals surface area (Å²) in [6.45, 7) is 4.64. The number of piperidine rings is 1. The van der Waals surface area contributed by atoms with Gasteiger partial charge in [-0.1, -0.05) is 25.0 Å². The molecule has 1 fully saturated rings. The summed E-state index contributed by atoms with van der Waals surface area (Å²) < 4.78 is 0. The number of terminal acetylenes is 1. The van der Waals surface area contributed by atoms with Crippen molar-refractivity contribution in [1.29, 1.82) is 0 Å². The molecule has 2 heterocycles. The van der Waals surface area contributed by atoms with Crippen molar-refractivity contribution in [2.24, 2.45) is 5.92 Å². The second-order valence-electron chi connectivity index (χ2n) is 6.01. The second-order valence-corrected chi connectivity index (χ2v) is 6.01. The van der Waals surface area contributed by atoms with Gasteiger partial charge in [0.25, 0.3) is 0 Å². The summed E-state index contributed by atoms with van der Waals surface area (Å²) in [6.07, 6.45) is 8.65. The monoisotopic (exact) mass is 264 g/mol. The molecule has 20 heavy (non-hydrogen) atoms. The van der Waals surface area contributed by atoms with E-state index in [9.17, 15) is 0 Å². The van der Waals surface area contributed by atoms with Crippen LogP contribution >= 0.6 is 0 Å². The smallest absolute Gasteiger partial charge is 0.0861 e. The van der Waals surface area contributed by atoms with E-state index in [1.807, 2.05) is 18.3 Å². The lowest BCUT2D eigenvalue weighted by atomic mass is 9.83. The zero-order chi connectivity index (χ0) is 14.1. The van der Waals surface area contributed by atoms with Crippen molar-refractivity contribution in [3.63, 3.8) is 0 Å². The van der Waals surface area contributed by atoms with E-state index in [-0.39, 0.29) is 0 Å². The first-order valence-electron chi connectivity index (χ1n) is 7.22. The minimum atomic E-state index is 0.572. The van der Waals surface area contributed by atoms with Gasteiger partial charge in [0.1, 0.15) is 0 Å². The molecule has 2 heteroatoms. The molecule has 1 aliphatic heterocycles. The van der Waals surface area contributed by atoms with E-state index in [2.05, 4.69) is 41.9 Å². The fourth-order valence-electron chi connectivity index (χ4n) is 3.51. The molecule has 2 unspecified atom stereocenters. The van der Waals surface area contributed by atoms with Crippen LogP contribution in [0, 0.1) is 18.3 Å². The van der Waals surface area contributed by atoms with Gasteiger partial charge in [-0.25, -0.2) is 0 Å². The summed E-state index contributed by atoms with van der Waals surface area (Å²) in [5, 5.41) is 1.22. The molecular weight excluding hydrogens is 244 g/mol. The largest absolute Gasteiger partial charge is 0.305 e. The zero-order valence-electron chi connectivity index (χ0n) is 12.1. The molecule has 0 N–H and O–H groups in total. The van der Waals surface area contributed by atoms with Gasteiger partial charge < -0.3 is 4.90 Å². The SMILES string of the molecule is C#Cc1ccc(C2CC(C)CN(C)C2)c2cccnc12. The lowest BCUT2D eigenvalue weighted by Crippen LogP contribution is -2.35. The summed E-state index contributed by atoms with van der Waals surface area (Å²) in [4.78, 5) is 6.92. The van der Waals surface area contributed by atoms with Gasteiger partial charge in [0, 0.05) is 24.7 Å². The minimum Gasteiger partial charge on any atom is -0.305 e. The Kier molecular flexibility index (Phi) is 3.46. The Hall–Kier alpha value is -1.85. The number of aromatic nitrogens is 1. The van der Waals surface area contributed by atoms with E-state index in [1.54, 1.807) is 0 Å². The molecule has 1 saturated heterocycles. The summed E-state index contributed by atoms with van der Waals surface area (Å²) in [5.74, 6) is 4.05. The fourth-order valence-corrected chi connectivity index (χ4v) is 3.51. The maximum Gasteiger partial charge on any atom is 0.0861 e. The van der Waals surface area contributed by atoms with Crippen LogP contribution in [-0.4, -0.2) is 30.0 Å². The molecule has 102 valence electrons. The molecule has 0 aliphatic carbocycles. The molecule has 0 spiro atoms. The van der Waals surface area contributed by atoms with Crippen molar-refractivity contribution in [2.45, 2.75) is 19.3 Å². The molecule has 2 nitrogen and oxygen atoms in total. The highest BCUT2D eigenvalue weighted by atomic mass is 15.1. The van der Waals surface area contributed by atoms with Crippen LogP contribution in [0.4, 0.5) is 0 Å². The van der Waals surface area contributed by atoms with E-state index in [4.69, 9.17) is 6.42 Å². The predicted molar refractivity (Wildman–Crippen MR) is 83.7 cm³/mol. The number of hydrogen-bond donors (Lipinski definition) is 0. The van der Waals surface area contributed by atoms with Crippen LogP contribution in [0.1, 0.15) is 30.4 Å². The highest BCUT2D eigenvalue weighted by Crippen LogP contribution is 2.34. The Bertz CT molecular complexity index is 659. The third kappa shape index (κ3) is 2.30. The number of hydrogen-bond acceptors (Lipinski definition) is 2. The van der Waals surface area contributed by atoms with Crippen LogP contribution < -0.4 is 0 Å². The van der Waals surface area contributed by atoms with Crippen molar-refractivity contribution in [2.75, 3.05) is 20.1 Å². The van der Waals surface area contributed by atoms with Gasteiger partial charge in [-0.3, -0.25) is 4.98 Å². The molecular formula is C18H20N2. The Morgan fingerprint density at radius 2 is 2.15 bits per heavy atom. The molecule has 2 aromatic rings. The van der Waals surface area contributed by atoms with Gasteiger partial charge in [0.15, 0.2) is 0 Å². The first kappa shape index (κ1) is 13.1.